The van der Waals surface area contributed by atoms with Crippen molar-refractivity contribution in [2.45, 2.75) is 17.5 Å². The van der Waals surface area contributed by atoms with Gasteiger partial charge in [-0.15, -0.1) is 10.2 Å². The van der Waals surface area contributed by atoms with Crippen molar-refractivity contribution in [1.29, 1.82) is 0 Å². The normalized spacial score (nSPS) is 10.9. The van der Waals surface area contributed by atoms with Crippen molar-refractivity contribution < 1.29 is 0 Å². The second kappa shape index (κ2) is 8.33. The van der Waals surface area contributed by atoms with Crippen LogP contribution in [0, 0.1) is 0 Å². The first-order valence-electron chi connectivity index (χ1n) is 8.40. The molecule has 5 nitrogen and oxygen atoms in total. The summed E-state index contributed by atoms with van der Waals surface area (Å²) in [4.78, 5) is 8.35. The predicted molar refractivity (Wildman–Crippen MR) is 108 cm³/mol. The Morgan fingerprint density at radius 1 is 0.889 bits per heavy atom. The molecule has 0 saturated carbocycles. The third-order valence-electron chi connectivity index (χ3n) is 3.98. The number of hydrogen-bond donors (Lipinski definition) is 0. The van der Waals surface area contributed by atoms with E-state index in [2.05, 4.69) is 36.9 Å². The maximum absolute atomic E-state index is 5.87. The summed E-state index contributed by atoms with van der Waals surface area (Å²) in [7, 11) is 0. The Kier molecular flexibility index (Phi) is 5.46. The van der Waals surface area contributed by atoms with Crippen LogP contribution in [0.25, 0.3) is 11.4 Å². The van der Waals surface area contributed by atoms with E-state index in [0.29, 0.717) is 11.7 Å². The van der Waals surface area contributed by atoms with E-state index in [1.54, 1.807) is 30.2 Å². The topological polar surface area (TPSA) is 56.5 Å². The van der Waals surface area contributed by atoms with Crippen molar-refractivity contribution >= 4 is 23.4 Å². The van der Waals surface area contributed by atoms with Crippen molar-refractivity contribution in [3.05, 3.63) is 89.5 Å². The molecule has 1 aromatic carbocycles. The third kappa shape index (κ3) is 4.35. The first-order chi connectivity index (χ1) is 13.3. The molecule has 4 aromatic rings. The maximum Gasteiger partial charge on any atom is 0.192 e. The summed E-state index contributed by atoms with van der Waals surface area (Å²) in [5, 5.41) is 10.2. The monoisotopic (exact) mass is 393 g/mol. The van der Waals surface area contributed by atoms with E-state index in [0.717, 1.165) is 27.9 Å². The molecule has 0 radical (unpaired) electrons. The molecule has 0 saturated heterocycles. The van der Waals surface area contributed by atoms with Crippen LogP contribution in [0.1, 0.15) is 11.1 Å². The fourth-order valence-electron chi connectivity index (χ4n) is 2.65. The second-order valence-electron chi connectivity index (χ2n) is 5.90. The summed E-state index contributed by atoms with van der Waals surface area (Å²) in [5.74, 6) is 1.55. The van der Waals surface area contributed by atoms with E-state index < -0.39 is 0 Å². The van der Waals surface area contributed by atoms with Crippen molar-refractivity contribution in [1.82, 2.24) is 24.7 Å². The largest absolute Gasteiger partial charge is 0.297 e. The summed E-state index contributed by atoms with van der Waals surface area (Å²) in [6, 6.07) is 18.0. The zero-order valence-corrected chi connectivity index (χ0v) is 15.9. The van der Waals surface area contributed by atoms with Gasteiger partial charge in [-0.2, -0.15) is 0 Å². The van der Waals surface area contributed by atoms with Crippen molar-refractivity contribution in [3.8, 4) is 11.4 Å². The lowest BCUT2D eigenvalue weighted by molar-refractivity contribution is 0.714. The molecular weight excluding hydrogens is 378 g/mol. The van der Waals surface area contributed by atoms with Gasteiger partial charge in [0.05, 0.1) is 6.54 Å². The zero-order chi connectivity index (χ0) is 18.5. The molecule has 3 heterocycles. The van der Waals surface area contributed by atoms with Crippen LogP contribution < -0.4 is 0 Å². The molecule has 0 unspecified atom stereocenters. The number of thioether (sulfide) groups is 1. The number of halogens is 1. The first kappa shape index (κ1) is 17.7. The third-order valence-corrected chi connectivity index (χ3v) is 5.24. The molecular formula is C20H16ClN5S. The van der Waals surface area contributed by atoms with Crippen LogP contribution in [0.5, 0.6) is 0 Å². The molecule has 3 aromatic heterocycles. The van der Waals surface area contributed by atoms with Crippen LogP contribution in [0.3, 0.4) is 0 Å². The van der Waals surface area contributed by atoms with Gasteiger partial charge >= 0.3 is 0 Å². The zero-order valence-electron chi connectivity index (χ0n) is 14.4. The maximum atomic E-state index is 5.87. The number of benzene rings is 1. The van der Waals surface area contributed by atoms with Crippen LogP contribution >= 0.6 is 23.4 Å². The van der Waals surface area contributed by atoms with Gasteiger partial charge in [-0.05, 0) is 29.3 Å². The molecule has 0 amide bonds. The summed E-state index contributed by atoms with van der Waals surface area (Å²) in [5.41, 5.74) is 3.22. The molecule has 0 aliphatic heterocycles. The molecule has 0 atom stereocenters. The van der Waals surface area contributed by atoms with Gasteiger partial charge in [0.25, 0.3) is 0 Å². The molecule has 0 spiro atoms. The van der Waals surface area contributed by atoms with Gasteiger partial charge in [-0.1, -0.05) is 59.8 Å². The number of pyridine rings is 2. The second-order valence-corrected chi connectivity index (χ2v) is 7.23. The van der Waals surface area contributed by atoms with Crippen molar-refractivity contribution in [3.63, 3.8) is 0 Å². The van der Waals surface area contributed by atoms with Gasteiger partial charge < -0.3 is 0 Å². The molecule has 0 fully saturated rings. The summed E-state index contributed by atoms with van der Waals surface area (Å²) < 4.78 is 2.13. The van der Waals surface area contributed by atoms with Gasteiger partial charge in [0.1, 0.15) is 5.15 Å². The Balaban J connectivity index is 1.64. The molecule has 4 rings (SSSR count). The SMILES string of the molecule is Clc1ccc(CSc2nnc(-c3cccnc3)n2Cc2ccccc2)cn1. The minimum Gasteiger partial charge on any atom is -0.297 e. The number of rotatable bonds is 6. The minimum atomic E-state index is 0.495. The van der Waals surface area contributed by atoms with Crippen molar-refractivity contribution in [2.75, 3.05) is 0 Å². The number of hydrogen-bond acceptors (Lipinski definition) is 5. The Hall–Kier alpha value is -2.70. The number of nitrogens with zero attached hydrogens (tertiary/aromatic N) is 5. The first-order valence-corrected chi connectivity index (χ1v) is 9.77. The quantitative estimate of drug-likeness (QED) is 0.350. The van der Waals surface area contributed by atoms with Gasteiger partial charge in [-0.25, -0.2) is 4.98 Å². The van der Waals surface area contributed by atoms with E-state index in [9.17, 15) is 0 Å². The highest BCUT2D eigenvalue weighted by Crippen LogP contribution is 2.27. The van der Waals surface area contributed by atoms with Crippen LogP contribution in [0.2, 0.25) is 5.15 Å². The van der Waals surface area contributed by atoms with Gasteiger partial charge in [0, 0.05) is 29.9 Å². The average molecular weight is 394 g/mol. The molecule has 0 aliphatic carbocycles. The van der Waals surface area contributed by atoms with Crippen LogP contribution in [0.15, 0.2) is 78.3 Å². The highest BCUT2D eigenvalue weighted by atomic mass is 35.5. The summed E-state index contributed by atoms with van der Waals surface area (Å²) in [6.45, 7) is 0.694. The fraction of sp³-hybridized carbons (Fsp3) is 0.100. The highest BCUT2D eigenvalue weighted by Gasteiger charge is 2.15. The molecule has 0 N–H and O–H groups in total. The predicted octanol–water partition coefficient (Wildman–Crippen LogP) is 4.73. The molecule has 0 aliphatic rings. The Morgan fingerprint density at radius 2 is 1.78 bits per heavy atom. The van der Waals surface area contributed by atoms with E-state index >= 15 is 0 Å². The lowest BCUT2D eigenvalue weighted by Crippen LogP contribution is -2.04. The lowest BCUT2D eigenvalue weighted by Gasteiger charge is -2.10. The van der Waals surface area contributed by atoms with Gasteiger partial charge in [0.15, 0.2) is 11.0 Å². The van der Waals surface area contributed by atoms with E-state index in [-0.39, 0.29) is 0 Å². The summed E-state index contributed by atoms with van der Waals surface area (Å²) >= 11 is 7.49. The van der Waals surface area contributed by atoms with Crippen LogP contribution in [-0.2, 0) is 12.3 Å². The number of aromatic nitrogens is 5. The van der Waals surface area contributed by atoms with Crippen molar-refractivity contribution in [2.24, 2.45) is 0 Å². The smallest absolute Gasteiger partial charge is 0.192 e. The minimum absolute atomic E-state index is 0.495. The Bertz CT molecular complexity index is 1000. The Morgan fingerprint density at radius 3 is 2.52 bits per heavy atom. The Labute approximate surface area is 166 Å². The average Bonchev–Trinajstić information content (AvgIpc) is 3.11. The van der Waals surface area contributed by atoms with Crippen LogP contribution in [0.4, 0.5) is 0 Å². The molecule has 0 bridgehead atoms. The van der Waals surface area contributed by atoms with E-state index in [4.69, 9.17) is 11.6 Å². The summed E-state index contributed by atoms with van der Waals surface area (Å²) in [6.07, 6.45) is 5.35. The van der Waals surface area contributed by atoms with E-state index in [1.807, 2.05) is 42.6 Å². The highest BCUT2D eigenvalue weighted by molar-refractivity contribution is 7.98. The van der Waals surface area contributed by atoms with E-state index in [1.165, 1.54) is 5.56 Å². The fourth-order valence-corrected chi connectivity index (χ4v) is 3.64. The molecule has 7 heteroatoms. The lowest BCUT2D eigenvalue weighted by atomic mass is 10.2. The van der Waals surface area contributed by atoms with Gasteiger partial charge in [0.2, 0.25) is 0 Å². The van der Waals surface area contributed by atoms with Crippen LogP contribution in [-0.4, -0.2) is 24.7 Å². The molecule has 134 valence electrons. The standard InChI is InChI=1S/C20H16ClN5S/c21-18-9-8-16(11-23-18)14-27-20-25-24-19(17-7-4-10-22-12-17)26(20)13-15-5-2-1-3-6-15/h1-12H,13-14H2. The van der Waals surface area contributed by atoms with Gasteiger partial charge in [-0.3, -0.25) is 9.55 Å². The molecule has 27 heavy (non-hydrogen) atoms.